The van der Waals surface area contributed by atoms with Crippen molar-refractivity contribution < 1.29 is 4.74 Å². The Morgan fingerprint density at radius 1 is 1.50 bits per heavy atom. The zero-order chi connectivity index (χ0) is 7.72. The summed E-state index contributed by atoms with van der Waals surface area (Å²) in [5.74, 6) is 0. The second-order valence-electron chi connectivity index (χ2n) is 2.51. The van der Waals surface area contributed by atoms with Crippen molar-refractivity contribution in [2.24, 2.45) is 0 Å². The van der Waals surface area contributed by atoms with Gasteiger partial charge in [-0.3, -0.25) is 0 Å². The van der Waals surface area contributed by atoms with Crippen LogP contribution in [0.4, 0.5) is 0 Å². The van der Waals surface area contributed by atoms with Crippen molar-refractivity contribution in [1.29, 1.82) is 0 Å². The Kier molecular flexibility index (Phi) is 3.17. The molecule has 0 bridgehead atoms. The van der Waals surface area contributed by atoms with Gasteiger partial charge < -0.3 is 4.74 Å². The molecule has 60 valence electrons. The molecule has 1 aliphatic heterocycles. The summed E-state index contributed by atoms with van der Waals surface area (Å²) in [6.45, 7) is 1.95. The molecule has 1 heterocycles. The largest absolute Gasteiger partial charge is 0.357 e. The van der Waals surface area contributed by atoms with E-state index in [1.807, 2.05) is 6.92 Å². The van der Waals surface area contributed by atoms with Crippen molar-refractivity contribution in [2.45, 2.75) is 35.6 Å². The van der Waals surface area contributed by atoms with Crippen molar-refractivity contribution in [3.63, 3.8) is 0 Å². The summed E-state index contributed by atoms with van der Waals surface area (Å²) < 4.78 is 5.27. The molecule has 1 aliphatic rings. The van der Waals surface area contributed by atoms with E-state index in [1.54, 1.807) is 0 Å². The maximum Gasteiger partial charge on any atom is 0.147 e. The van der Waals surface area contributed by atoms with Gasteiger partial charge >= 0.3 is 0 Å². The number of hydrogen-bond acceptors (Lipinski definition) is 2. The van der Waals surface area contributed by atoms with Crippen LogP contribution in [0.25, 0.3) is 0 Å². The lowest BCUT2D eigenvalue weighted by molar-refractivity contribution is 0.0118. The van der Waals surface area contributed by atoms with Crippen LogP contribution in [0.15, 0.2) is 0 Å². The Balaban J connectivity index is 2.46. The Hall–Kier alpha value is 0.890. The molecule has 1 rings (SSSR count). The minimum atomic E-state index is -0.347. The molecule has 0 saturated carbocycles. The topological polar surface area (TPSA) is 9.23 Å². The maximum absolute atomic E-state index is 5.82. The van der Waals surface area contributed by atoms with E-state index < -0.39 is 0 Å². The van der Waals surface area contributed by atoms with Crippen LogP contribution < -0.4 is 0 Å². The lowest BCUT2D eigenvalue weighted by Crippen LogP contribution is -2.38. The zero-order valence-electron chi connectivity index (χ0n) is 5.63. The number of hydrogen-bond donors (Lipinski definition) is 1. The average molecular weight is 201 g/mol. The maximum atomic E-state index is 5.82. The van der Waals surface area contributed by atoms with Crippen LogP contribution in [0, 0.1) is 0 Å². The Morgan fingerprint density at radius 3 is 2.60 bits per heavy atom. The summed E-state index contributed by atoms with van der Waals surface area (Å²) >= 11 is 15.8. The van der Waals surface area contributed by atoms with Crippen molar-refractivity contribution in [3.8, 4) is 0 Å². The number of rotatable bonds is 0. The van der Waals surface area contributed by atoms with Crippen molar-refractivity contribution in [1.82, 2.24) is 0 Å². The number of halogens is 2. The molecule has 0 aromatic carbocycles. The van der Waals surface area contributed by atoms with Crippen LogP contribution in [-0.2, 0) is 4.74 Å². The van der Waals surface area contributed by atoms with Crippen molar-refractivity contribution in [3.05, 3.63) is 0 Å². The first kappa shape index (κ1) is 8.98. The molecule has 10 heavy (non-hydrogen) atoms. The molecule has 0 N–H and O–H groups in total. The molecule has 0 aromatic heterocycles. The molecule has 0 aromatic rings. The lowest BCUT2D eigenvalue weighted by Gasteiger charge is -2.32. The fraction of sp³-hybridized carbons (Fsp3) is 1.00. The van der Waals surface area contributed by atoms with Gasteiger partial charge in [-0.2, -0.15) is 12.6 Å². The first-order valence-electron chi connectivity index (χ1n) is 3.23. The smallest absolute Gasteiger partial charge is 0.147 e. The molecule has 0 amide bonds. The first-order chi connectivity index (χ1) is 4.61. The molecule has 4 heteroatoms. The molecule has 1 saturated heterocycles. The number of thiol groups is 1. The predicted molar refractivity (Wildman–Crippen MR) is 47.2 cm³/mol. The third kappa shape index (κ3) is 1.94. The second-order valence-corrected chi connectivity index (χ2v) is 4.17. The van der Waals surface area contributed by atoms with Gasteiger partial charge in [0.25, 0.3) is 0 Å². The van der Waals surface area contributed by atoms with Gasteiger partial charge in [0.15, 0.2) is 0 Å². The van der Waals surface area contributed by atoms with Crippen LogP contribution in [-0.4, -0.2) is 22.3 Å². The quantitative estimate of drug-likeness (QED) is 0.467. The van der Waals surface area contributed by atoms with E-state index in [0.717, 1.165) is 6.42 Å². The number of alkyl halides is 2. The molecule has 0 spiro atoms. The van der Waals surface area contributed by atoms with E-state index in [4.69, 9.17) is 27.9 Å². The van der Waals surface area contributed by atoms with Gasteiger partial charge in [-0.05, 0) is 13.3 Å². The highest BCUT2D eigenvalue weighted by molar-refractivity contribution is 7.81. The summed E-state index contributed by atoms with van der Waals surface area (Å²) in [7, 11) is 0. The van der Waals surface area contributed by atoms with Gasteiger partial charge in [0, 0.05) is 5.25 Å². The highest BCUT2D eigenvalue weighted by Crippen LogP contribution is 2.29. The summed E-state index contributed by atoms with van der Waals surface area (Å²) in [6.07, 6.45) is 0.931. The predicted octanol–water partition coefficient (Wildman–Crippen LogP) is 2.27. The minimum absolute atomic E-state index is 0.0969. The summed E-state index contributed by atoms with van der Waals surface area (Å²) in [4.78, 5) is 0. The van der Waals surface area contributed by atoms with Crippen molar-refractivity contribution in [2.75, 3.05) is 0 Å². The molecule has 1 fully saturated rings. The van der Waals surface area contributed by atoms with E-state index >= 15 is 0 Å². The van der Waals surface area contributed by atoms with E-state index in [2.05, 4.69) is 12.6 Å². The van der Waals surface area contributed by atoms with Gasteiger partial charge in [-0.1, -0.05) is 11.6 Å². The fourth-order valence-electron chi connectivity index (χ4n) is 0.910. The number of ether oxygens (including phenoxy) is 1. The third-order valence-corrected chi connectivity index (χ3v) is 3.21. The average Bonchev–Trinajstić information content (AvgIpc) is 1.84. The standard InChI is InChI=1S/C6H10Cl2OS/c1-3-5(10)2-4(7)6(8)9-3/h3-6,10H,2H2,1H3. The van der Waals surface area contributed by atoms with Crippen LogP contribution >= 0.6 is 35.8 Å². The SMILES string of the molecule is CC1OC(Cl)C(Cl)CC1S. The lowest BCUT2D eigenvalue weighted by atomic mass is 10.1. The third-order valence-electron chi connectivity index (χ3n) is 1.64. The molecular weight excluding hydrogens is 191 g/mol. The highest BCUT2D eigenvalue weighted by atomic mass is 35.5. The normalized spacial score (nSPS) is 49.2. The first-order valence-corrected chi connectivity index (χ1v) is 4.62. The summed E-state index contributed by atoms with van der Waals surface area (Å²) in [6, 6.07) is 0. The van der Waals surface area contributed by atoms with Crippen LogP contribution in [0.5, 0.6) is 0 Å². The van der Waals surface area contributed by atoms with Crippen LogP contribution in [0.2, 0.25) is 0 Å². The molecule has 4 unspecified atom stereocenters. The van der Waals surface area contributed by atoms with E-state index in [9.17, 15) is 0 Å². The van der Waals surface area contributed by atoms with E-state index in [1.165, 1.54) is 0 Å². The minimum Gasteiger partial charge on any atom is -0.357 e. The summed E-state index contributed by atoms with van der Waals surface area (Å²) in [5.41, 5.74) is -0.347. The summed E-state index contributed by atoms with van der Waals surface area (Å²) in [5, 5.41) is 0.123. The molecule has 1 nitrogen and oxygen atoms in total. The van der Waals surface area contributed by atoms with E-state index in [0.29, 0.717) is 0 Å². The second kappa shape index (κ2) is 3.53. The van der Waals surface area contributed by atoms with Crippen molar-refractivity contribution >= 4 is 35.8 Å². The van der Waals surface area contributed by atoms with E-state index in [-0.39, 0.29) is 22.3 Å². The van der Waals surface area contributed by atoms with Gasteiger partial charge in [-0.25, -0.2) is 0 Å². The Labute approximate surface area is 76.4 Å². The van der Waals surface area contributed by atoms with Gasteiger partial charge in [0.1, 0.15) is 5.56 Å². The Bertz CT molecular complexity index is 96.3. The monoisotopic (exact) mass is 200 g/mol. The molecule has 4 atom stereocenters. The zero-order valence-corrected chi connectivity index (χ0v) is 8.03. The fourth-order valence-corrected chi connectivity index (χ4v) is 1.85. The van der Waals surface area contributed by atoms with Gasteiger partial charge in [-0.15, -0.1) is 11.6 Å². The van der Waals surface area contributed by atoms with Crippen LogP contribution in [0.1, 0.15) is 13.3 Å². The Morgan fingerprint density at radius 2 is 2.10 bits per heavy atom. The molecular formula is C6H10Cl2OS. The molecule has 0 radical (unpaired) electrons. The van der Waals surface area contributed by atoms with Crippen LogP contribution in [0.3, 0.4) is 0 Å². The van der Waals surface area contributed by atoms with Gasteiger partial charge in [0.05, 0.1) is 11.5 Å². The highest BCUT2D eigenvalue weighted by Gasteiger charge is 2.31. The molecule has 0 aliphatic carbocycles. The van der Waals surface area contributed by atoms with Gasteiger partial charge in [0.2, 0.25) is 0 Å².